The lowest BCUT2D eigenvalue weighted by Gasteiger charge is -2.54. The van der Waals surface area contributed by atoms with Crippen molar-refractivity contribution < 1.29 is 24.3 Å². The Labute approximate surface area is 248 Å². The molecular weight excluding hydrogens is 550 g/mol. The molecule has 2 fully saturated rings. The van der Waals surface area contributed by atoms with E-state index in [0.29, 0.717) is 40.1 Å². The molecule has 6 nitrogen and oxygen atoms in total. The number of aromatic hydroxyl groups is 1. The zero-order chi connectivity index (χ0) is 29.7. The summed E-state index contributed by atoms with van der Waals surface area (Å²) in [5.74, 6) is -3.28. The number of nitrogens with zero attached hydrogens (tertiary/aromatic N) is 1. The predicted octanol–water partition coefficient (Wildman–Crippen LogP) is 6.55. The highest BCUT2D eigenvalue weighted by Crippen LogP contribution is 2.63. The molecule has 7 rings (SSSR count). The molecule has 3 aliphatic carbocycles. The molecule has 7 heteroatoms. The van der Waals surface area contributed by atoms with Gasteiger partial charge in [-0.1, -0.05) is 60.5 Å². The standard InChI is InChI=1S/C35H30ClNO5/c1-17-18(2)32(40)35(3)27(31(17)39)16-26-24(30(35)23-14-15-28(38)22-7-5-4-6-21(22)23)12-13-25-29(26)34(42)37(33(25)41)20-10-8-19(36)9-11-20/h4-12,14-15,25-27,29-30,38H,13,16H2,1-3H3/t25-,26+,27-,29-,30-,35+/m0/s1. The molecule has 4 aliphatic rings. The van der Waals surface area contributed by atoms with E-state index in [9.17, 15) is 24.3 Å². The number of allylic oxidation sites excluding steroid dienone is 4. The Morgan fingerprint density at radius 2 is 1.55 bits per heavy atom. The van der Waals surface area contributed by atoms with E-state index in [4.69, 9.17) is 11.6 Å². The number of benzene rings is 3. The van der Waals surface area contributed by atoms with E-state index in [-0.39, 0.29) is 29.1 Å². The Morgan fingerprint density at radius 1 is 0.857 bits per heavy atom. The largest absolute Gasteiger partial charge is 0.507 e. The smallest absolute Gasteiger partial charge is 0.238 e. The van der Waals surface area contributed by atoms with Gasteiger partial charge in [0.25, 0.3) is 0 Å². The summed E-state index contributed by atoms with van der Waals surface area (Å²) < 4.78 is 0. The highest BCUT2D eigenvalue weighted by molar-refractivity contribution is 6.31. The first-order valence-electron chi connectivity index (χ1n) is 14.4. The van der Waals surface area contributed by atoms with Gasteiger partial charge in [-0.3, -0.25) is 24.1 Å². The number of Topliss-reactive ketones (excluding diaryl/α,β-unsaturated/α-hetero) is 2. The van der Waals surface area contributed by atoms with E-state index in [0.717, 1.165) is 16.5 Å². The van der Waals surface area contributed by atoms with Crippen LogP contribution in [-0.4, -0.2) is 28.5 Å². The van der Waals surface area contributed by atoms with Crippen molar-refractivity contribution in [1.82, 2.24) is 0 Å². The van der Waals surface area contributed by atoms with E-state index in [1.54, 1.807) is 44.2 Å². The number of hydrogen-bond acceptors (Lipinski definition) is 5. The van der Waals surface area contributed by atoms with E-state index < -0.39 is 35.0 Å². The fourth-order valence-electron chi connectivity index (χ4n) is 8.33. The SMILES string of the molecule is CC1=C(C)C(=O)[C@@]2(C)[C@@H](c3ccc(O)c4ccccc34)C3=CC[C@@H]4C(=O)N(c5ccc(Cl)cc5)C(=O)[C@@H]4[C@@H]3C[C@H]2C1=O. The maximum atomic E-state index is 14.3. The number of halogens is 1. The Kier molecular flexibility index (Phi) is 5.90. The summed E-state index contributed by atoms with van der Waals surface area (Å²) in [7, 11) is 0. The minimum atomic E-state index is -1.09. The third kappa shape index (κ3) is 3.45. The first kappa shape index (κ1) is 26.8. The van der Waals surface area contributed by atoms with Crippen LogP contribution in [0.1, 0.15) is 45.1 Å². The van der Waals surface area contributed by atoms with Crippen molar-refractivity contribution in [3.63, 3.8) is 0 Å². The topological polar surface area (TPSA) is 91.8 Å². The molecule has 212 valence electrons. The van der Waals surface area contributed by atoms with E-state index in [2.05, 4.69) is 6.08 Å². The minimum absolute atomic E-state index is 0.0650. The van der Waals surface area contributed by atoms with Crippen LogP contribution >= 0.6 is 11.6 Å². The molecule has 0 unspecified atom stereocenters. The van der Waals surface area contributed by atoms with Crippen LogP contribution in [0.15, 0.2) is 83.5 Å². The second-order valence-electron chi connectivity index (χ2n) is 12.3. The molecule has 0 radical (unpaired) electrons. The van der Waals surface area contributed by atoms with Crippen molar-refractivity contribution in [3.05, 3.63) is 94.0 Å². The number of amides is 2. The van der Waals surface area contributed by atoms with E-state index in [1.165, 1.54) is 4.90 Å². The summed E-state index contributed by atoms with van der Waals surface area (Å²) >= 11 is 6.08. The fourth-order valence-corrected chi connectivity index (χ4v) is 8.45. The molecule has 42 heavy (non-hydrogen) atoms. The Balaban J connectivity index is 1.43. The lowest BCUT2D eigenvalue weighted by atomic mass is 9.46. The number of carbonyl (C=O) groups is 4. The molecule has 6 atom stereocenters. The average Bonchev–Trinajstić information content (AvgIpc) is 3.25. The number of imide groups is 1. The average molecular weight is 580 g/mol. The summed E-state index contributed by atoms with van der Waals surface area (Å²) in [6.45, 7) is 5.33. The molecular formula is C35H30ClNO5. The van der Waals surface area contributed by atoms with Crippen LogP contribution in [-0.2, 0) is 19.2 Å². The molecule has 1 heterocycles. The van der Waals surface area contributed by atoms with Gasteiger partial charge in [-0.25, -0.2) is 0 Å². The van der Waals surface area contributed by atoms with Crippen molar-refractivity contribution >= 4 is 51.4 Å². The fraction of sp³-hybridized carbons (Fsp3) is 0.314. The molecule has 1 N–H and O–H groups in total. The summed E-state index contributed by atoms with van der Waals surface area (Å²) in [5.41, 5.74) is 2.10. The Bertz CT molecular complexity index is 1800. The number of anilines is 1. The third-order valence-electron chi connectivity index (χ3n) is 10.5. The predicted molar refractivity (Wildman–Crippen MR) is 160 cm³/mol. The maximum Gasteiger partial charge on any atom is 0.238 e. The number of ketones is 2. The molecule has 1 saturated carbocycles. The Morgan fingerprint density at radius 3 is 2.26 bits per heavy atom. The van der Waals surface area contributed by atoms with E-state index in [1.807, 2.05) is 37.3 Å². The molecule has 3 aromatic rings. The van der Waals surface area contributed by atoms with Crippen LogP contribution in [0.3, 0.4) is 0 Å². The third-order valence-corrected chi connectivity index (χ3v) is 10.8. The second-order valence-corrected chi connectivity index (χ2v) is 12.8. The number of phenolic OH excluding ortho intramolecular Hbond substituents is 1. The zero-order valence-corrected chi connectivity index (χ0v) is 24.3. The highest BCUT2D eigenvalue weighted by Gasteiger charge is 2.64. The van der Waals surface area contributed by atoms with Gasteiger partial charge in [-0.2, -0.15) is 0 Å². The van der Waals surface area contributed by atoms with E-state index >= 15 is 0 Å². The van der Waals surface area contributed by atoms with Crippen molar-refractivity contribution in [2.45, 2.75) is 39.5 Å². The number of hydrogen-bond donors (Lipinski definition) is 1. The molecule has 0 aromatic heterocycles. The summed E-state index contributed by atoms with van der Waals surface area (Å²) in [6.07, 6.45) is 2.74. The quantitative estimate of drug-likeness (QED) is 0.275. The van der Waals surface area contributed by atoms with Crippen molar-refractivity contribution in [1.29, 1.82) is 0 Å². The van der Waals surface area contributed by atoms with Gasteiger partial charge >= 0.3 is 0 Å². The number of fused-ring (bicyclic) bond motifs is 5. The van der Waals surface area contributed by atoms with Gasteiger partial charge in [0.2, 0.25) is 11.8 Å². The van der Waals surface area contributed by atoms with Crippen LogP contribution in [0.4, 0.5) is 5.69 Å². The number of phenols is 1. The van der Waals surface area contributed by atoms with Crippen molar-refractivity contribution in [2.24, 2.45) is 29.1 Å². The first-order valence-corrected chi connectivity index (χ1v) is 14.7. The Hall–Kier alpha value is -4.03. The van der Waals surface area contributed by atoms with Crippen molar-refractivity contribution in [3.8, 4) is 5.75 Å². The van der Waals surface area contributed by atoms with Gasteiger partial charge in [0.15, 0.2) is 11.6 Å². The second kappa shape index (κ2) is 9.23. The van der Waals surface area contributed by atoms with Crippen LogP contribution in [0, 0.1) is 29.1 Å². The van der Waals surface area contributed by atoms with Crippen LogP contribution in [0.2, 0.25) is 5.02 Å². The molecule has 3 aromatic carbocycles. The van der Waals surface area contributed by atoms with Gasteiger partial charge in [0.1, 0.15) is 5.75 Å². The minimum Gasteiger partial charge on any atom is -0.507 e. The summed E-state index contributed by atoms with van der Waals surface area (Å²) in [5, 5.41) is 12.7. The van der Waals surface area contributed by atoms with Crippen LogP contribution in [0.5, 0.6) is 5.75 Å². The summed E-state index contributed by atoms with van der Waals surface area (Å²) in [6, 6.07) is 17.7. The van der Waals surface area contributed by atoms with Crippen LogP contribution in [0.25, 0.3) is 10.8 Å². The van der Waals surface area contributed by atoms with Gasteiger partial charge in [0.05, 0.1) is 22.9 Å². The van der Waals surface area contributed by atoms with Gasteiger partial charge in [-0.05, 0) is 85.0 Å². The monoisotopic (exact) mass is 579 g/mol. The van der Waals surface area contributed by atoms with Gasteiger partial charge < -0.3 is 5.11 Å². The van der Waals surface area contributed by atoms with Gasteiger partial charge in [-0.15, -0.1) is 0 Å². The van der Waals surface area contributed by atoms with Crippen LogP contribution < -0.4 is 4.90 Å². The zero-order valence-electron chi connectivity index (χ0n) is 23.6. The van der Waals surface area contributed by atoms with Gasteiger partial charge in [0, 0.05) is 22.2 Å². The molecule has 1 saturated heterocycles. The number of carbonyl (C=O) groups excluding carboxylic acids is 4. The number of rotatable bonds is 2. The molecule has 0 bridgehead atoms. The lowest BCUT2D eigenvalue weighted by Crippen LogP contribution is -2.55. The van der Waals surface area contributed by atoms with Crippen molar-refractivity contribution in [2.75, 3.05) is 4.90 Å². The summed E-state index contributed by atoms with van der Waals surface area (Å²) in [4.78, 5) is 57.4. The molecule has 2 amide bonds. The molecule has 1 aliphatic heterocycles. The normalized spacial score (nSPS) is 30.8. The highest BCUT2D eigenvalue weighted by atomic mass is 35.5. The maximum absolute atomic E-state index is 14.3. The lowest BCUT2D eigenvalue weighted by molar-refractivity contribution is -0.142. The first-order chi connectivity index (χ1) is 20.1. The molecule has 0 spiro atoms.